The van der Waals surface area contributed by atoms with Crippen LogP contribution in [-0.2, 0) is 22.3 Å². The van der Waals surface area contributed by atoms with Crippen LogP contribution in [0.3, 0.4) is 0 Å². The Morgan fingerprint density at radius 3 is 2.52 bits per heavy atom. The van der Waals surface area contributed by atoms with Crippen molar-refractivity contribution in [3.63, 3.8) is 0 Å². The van der Waals surface area contributed by atoms with Gasteiger partial charge in [-0.3, -0.25) is 14.3 Å². The van der Waals surface area contributed by atoms with Crippen LogP contribution in [0.4, 0.5) is 18.2 Å². The van der Waals surface area contributed by atoms with E-state index in [1.165, 1.54) is 13.8 Å². The van der Waals surface area contributed by atoms with Gasteiger partial charge in [-0.2, -0.15) is 18.3 Å². The van der Waals surface area contributed by atoms with E-state index in [0.29, 0.717) is 11.1 Å². The van der Waals surface area contributed by atoms with E-state index in [0.717, 1.165) is 17.4 Å². The normalized spacial score (nSPS) is 11.4. The zero-order chi connectivity index (χ0) is 21.9. The first-order chi connectivity index (χ1) is 13.5. The molecule has 2 rings (SSSR count). The third kappa shape index (κ3) is 5.13. The Labute approximate surface area is 167 Å². The molecule has 0 saturated heterocycles. The minimum absolute atomic E-state index is 0.0279. The predicted molar refractivity (Wildman–Crippen MR) is 98.7 cm³/mol. The lowest BCUT2D eigenvalue weighted by molar-refractivity contribution is -0.144. The molecule has 0 spiro atoms. The number of halogens is 3. The number of nitrogens with two attached hydrogens (primary N) is 1. The average Bonchev–Trinajstić information content (AvgIpc) is 3.12. The molecule has 0 aliphatic rings. The van der Waals surface area contributed by atoms with Crippen LogP contribution in [0.15, 0.2) is 6.07 Å². The summed E-state index contributed by atoms with van der Waals surface area (Å²) in [6, 6.07) is 0.821. The Bertz CT molecular complexity index is 949. The molecule has 2 aromatic rings. The molecule has 0 unspecified atom stereocenters. The quantitative estimate of drug-likeness (QED) is 0.653. The molecule has 0 atom stereocenters. The van der Waals surface area contributed by atoms with Crippen molar-refractivity contribution in [2.45, 2.75) is 39.9 Å². The van der Waals surface area contributed by atoms with Gasteiger partial charge in [0.1, 0.15) is 17.2 Å². The van der Waals surface area contributed by atoms with Gasteiger partial charge in [-0.1, -0.05) is 6.92 Å². The molecular formula is C17H19F3N4O4S. The van der Waals surface area contributed by atoms with E-state index in [9.17, 15) is 27.6 Å². The number of nitrogens with one attached hydrogen (secondary N) is 1. The molecule has 0 bridgehead atoms. The van der Waals surface area contributed by atoms with E-state index < -0.39 is 36.2 Å². The maximum Gasteiger partial charge on any atom is 0.433 e. The van der Waals surface area contributed by atoms with E-state index in [-0.39, 0.29) is 33.3 Å². The average molecular weight is 432 g/mol. The number of rotatable bonds is 7. The van der Waals surface area contributed by atoms with Crippen molar-refractivity contribution in [2.24, 2.45) is 5.73 Å². The van der Waals surface area contributed by atoms with Crippen LogP contribution in [0.25, 0.3) is 0 Å². The molecular weight excluding hydrogens is 413 g/mol. The molecule has 0 aliphatic heterocycles. The molecule has 0 saturated carbocycles. The number of primary amides is 1. The highest BCUT2D eigenvalue weighted by atomic mass is 32.1. The first-order valence-electron chi connectivity index (χ1n) is 8.47. The number of ether oxygens (including phenoxy) is 1. The third-order valence-electron chi connectivity index (χ3n) is 3.75. The maximum atomic E-state index is 13.1. The van der Waals surface area contributed by atoms with Crippen LogP contribution in [0.5, 0.6) is 0 Å². The van der Waals surface area contributed by atoms with Gasteiger partial charge in [-0.05, 0) is 31.9 Å². The number of hydrogen-bond acceptors (Lipinski definition) is 6. The van der Waals surface area contributed by atoms with Crippen molar-refractivity contribution in [3.8, 4) is 0 Å². The van der Waals surface area contributed by atoms with E-state index in [2.05, 4.69) is 10.4 Å². The minimum atomic E-state index is -4.69. The van der Waals surface area contributed by atoms with Crippen molar-refractivity contribution in [1.82, 2.24) is 9.78 Å². The van der Waals surface area contributed by atoms with Gasteiger partial charge in [0.05, 0.1) is 22.7 Å². The van der Waals surface area contributed by atoms with Crippen LogP contribution in [0.1, 0.15) is 50.3 Å². The van der Waals surface area contributed by atoms with Gasteiger partial charge < -0.3 is 15.8 Å². The summed E-state index contributed by atoms with van der Waals surface area (Å²) in [5.74, 6) is -2.44. The summed E-state index contributed by atoms with van der Waals surface area (Å²) in [6.07, 6.45) is -4.13. The monoisotopic (exact) mass is 432 g/mol. The Morgan fingerprint density at radius 1 is 1.31 bits per heavy atom. The number of aromatic nitrogens is 2. The van der Waals surface area contributed by atoms with Crippen molar-refractivity contribution < 1.29 is 32.3 Å². The van der Waals surface area contributed by atoms with E-state index in [1.54, 1.807) is 6.92 Å². The molecule has 12 heteroatoms. The summed E-state index contributed by atoms with van der Waals surface area (Å²) in [6.45, 7) is 4.00. The summed E-state index contributed by atoms with van der Waals surface area (Å²) in [5.41, 5.74) is 4.48. The summed E-state index contributed by atoms with van der Waals surface area (Å²) in [7, 11) is 0. The second-order valence-corrected chi connectivity index (χ2v) is 7.16. The number of carbonyl (C=O) groups is 3. The molecule has 2 aromatic heterocycles. The van der Waals surface area contributed by atoms with Crippen LogP contribution in [-0.4, -0.2) is 34.2 Å². The number of nitrogens with zero attached hydrogens (tertiary/aromatic N) is 2. The Hall–Kier alpha value is -2.89. The number of esters is 1. The first kappa shape index (κ1) is 22.4. The first-order valence-corrected chi connectivity index (χ1v) is 9.29. The number of alkyl halides is 3. The molecule has 0 aliphatic carbocycles. The molecule has 8 nitrogen and oxygen atoms in total. The van der Waals surface area contributed by atoms with Gasteiger partial charge in [-0.15, -0.1) is 11.3 Å². The summed E-state index contributed by atoms with van der Waals surface area (Å²) in [4.78, 5) is 36.3. The van der Waals surface area contributed by atoms with Crippen LogP contribution in [0, 0.1) is 13.8 Å². The number of aryl methyl sites for hydroxylation is 1. The van der Waals surface area contributed by atoms with Crippen molar-refractivity contribution in [1.29, 1.82) is 0 Å². The van der Waals surface area contributed by atoms with Crippen LogP contribution < -0.4 is 11.1 Å². The zero-order valence-corrected chi connectivity index (χ0v) is 16.7. The molecule has 2 amide bonds. The lowest BCUT2D eigenvalue weighted by atomic mass is 10.1. The second-order valence-electron chi connectivity index (χ2n) is 6.14. The fourth-order valence-corrected chi connectivity index (χ4v) is 3.61. The molecule has 158 valence electrons. The zero-order valence-electron chi connectivity index (χ0n) is 15.8. The topological polar surface area (TPSA) is 116 Å². The Kier molecular flexibility index (Phi) is 6.67. The minimum Gasteiger partial charge on any atom is -0.462 e. The van der Waals surface area contributed by atoms with Crippen LogP contribution >= 0.6 is 11.3 Å². The van der Waals surface area contributed by atoms with Crippen molar-refractivity contribution in [3.05, 3.63) is 33.5 Å². The number of hydrogen-bond donors (Lipinski definition) is 2. The lowest BCUT2D eigenvalue weighted by Crippen LogP contribution is -2.24. The highest BCUT2D eigenvalue weighted by Crippen LogP contribution is 2.34. The van der Waals surface area contributed by atoms with E-state index in [4.69, 9.17) is 10.5 Å². The maximum absolute atomic E-state index is 13.1. The van der Waals surface area contributed by atoms with Gasteiger partial charge in [0.15, 0.2) is 0 Å². The van der Waals surface area contributed by atoms with Crippen molar-refractivity contribution >= 4 is 34.1 Å². The van der Waals surface area contributed by atoms with Crippen LogP contribution in [0.2, 0.25) is 0 Å². The molecule has 2 heterocycles. The predicted octanol–water partition coefficient (Wildman–Crippen LogP) is 2.88. The highest BCUT2D eigenvalue weighted by Gasteiger charge is 2.36. The van der Waals surface area contributed by atoms with Gasteiger partial charge in [0.2, 0.25) is 5.91 Å². The van der Waals surface area contributed by atoms with Gasteiger partial charge in [-0.25, -0.2) is 4.79 Å². The number of amides is 2. The molecule has 29 heavy (non-hydrogen) atoms. The fraction of sp³-hybridized carbons (Fsp3) is 0.412. The fourth-order valence-electron chi connectivity index (χ4n) is 2.55. The molecule has 0 aromatic carbocycles. The molecule has 0 fully saturated rings. The smallest absolute Gasteiger partial charge is 0.433 e. The van der Waals surface area contributed by atoms with E-state index >= 15 is 0 Å². The third-order valence-corrected chi connectivity index (χ3v) is 4.97. The Balaban J connectivity index is 2.32. The standard InChI is InChI=1S/C17H19F3N4O4S/c1-4-5-28-16(27)12-9(3)13(14(21)26)29-15(12)22-11(25)7-24-10(17(18,19)20)6-8(2)23-24/h6H,4-5,7H2,1-3H3,(H2,21,26)(H,22,25). The summed E-state index contributed by atoms with van der Waals surface area (Å²) >= 11 is 0.751. The second kappa shape index (κ2) is 8.64. The SMILES string of the molecule is CCCOC(=O)c1c(NC(=O)Cn2nc(C)cc2C(F)(F)F)sc(C(N)=O)c1C. The van der Waals surface area contributed by atoms with Gasteiger partial charge in [0, 0.05) is 0 Å². The Morgan fingerprint density at radius 2 is 1.97 bits per heavy atom. The number of carbonyl (C=O) groups excluding carboxylic acids is 3. The van der Waals surface area contributed by atoms with Crippen molar-refractivity contribution in [2.75, 3.05) is 11.9 Å². The number of anilines is 1. The number of thiophene rings is 1. The van der Waals surface area contributed by atoms with Gasteiger partial charge in [0.25, 0.3) is 5.91 Å². The lowest BCUT2D eigenvalue weighted by Gasteiger charge is -2.11. The van der Waals surface area contributed by atoms with E-state index in [1.807, 2.05) is 0 Å². The largest absolute Gasteiger partial charge is 0.462 e. The van der Waals surface area contributed by atoms with Gasteiger partial charge >= 0.3 is 12.1 Å². The molecule has 0 radical (unpaired) electrons. The summed E-state index contributed by atoms with van der Waals surface area (Å²) in [5, 5.41) is 6.02. The summed E-state index contributed by atoms with van der Waals surface area (Å²) < 4.78 is 44.8. The highest BCUT2D eigenvalue weighted by molar-refractivity contribution is 7.18. The molecule has 3 N–H and O–H groups in total.